The second-order valence-electron chi connectivity index (χ2n) is 5.68. The molecule has 0 aromatic heterocycles. The number of ether oxygens (including phenoxy) is 2. The Morgan fingerprint density at radius 1 is 1.10 bits per heavy atom. The van der Waals surface area contributed by atoms with Gasteiger partial charge in [-0.1, -0.05) is 19.3 Å². The fraction of sp³-hybridized carbons (Fsp3) is 0.625. The molecule has 2 rings (SSSR count). The minimum atomic E-state index is -0.572. The summed E-state index contributed by atoms with van der Waals surface area (Å²) in [6.07, 6.45) is 4.88. The Balaban J connectivity index is 2.33. The van der Waals surface area contributed by atoms with E-state index < -0.39 is 6.10 Å². The van der Waals surface area contributed by atoms with E-state index in [9.17, 15) is 5.11 Å². The lowest BCUT2D eigenvalue weighted by atomic mass is 9.68. The molecule has 1 aliphatic rings. The van der Waals surface area contributed by atoms with Gasteiger partial charge in [0.05, 0.1) is 20.3 Å². The molecule has 4 nitrogen and oxygen atoms in total. The molecule has 112 valence electrons. The van der Waals surface area contributed by atoms with Gasteiger partial charge >= 0.3 is 0 Å². The topological polar surface area (TPSA) is 64.7 Å². The Labute approximate surface area is 120 Å². The lowest BCUT2D eigenvalue weighted by Crippen LogP contribution is -2.38. The summed E-state index contributed by atoms with van der Waals surface area (Å²) in [5, 5.41) is 10.8. The third kappa shape index (κ3) is 2.91. The molecular formula is C16H25NO3. The molecule has 20 heavy (non-hydrogen) atoms. The molecular weight excluding hydrogens is 254 g/mol. The highest BCUT2D eigenvalue weighted by molar-refractivity contribution is 5.40. The monoisotopic (exact) mass is 279 g/mol. The highest BCUT2D eigenvalue weighted by Crippen LogP contribution is 2.46. The van der Waals surface area contributed by atoms with Gasteiger partial charge in [0.1, 0.15) is 11.5 Å². The normalized spacial score (nSPS) is 19.4. The first kappa shape index (κ1) is 15.1. The largest absolute Gasteiger partial charge is 0.497 e. The quantitative estimate of drug-likeness (QED) is 0.869. The van der Waals surface area contributed by atoms with E-state index >= 15 is 0 Å². The number of nitrogens with two attached hydrogens (primary N) is 1. The molecule has 0 aliphatic heterocycles. The van der Waals surface area contributed by atoms with E-state index in [2.05, 4.69) is 0 Å². The smallest absolute Gasteiger partial charge is 0.122 e. The molecule has 1 aromatic carbocycles. The van der Waals surface area contributed by atoms with Gasteiger partial charge in [-0.2, -0.15) is 0 Å². The van der Waals surface area contributed by atoms with Crippen LogP contribution in [0.2, 0.25) is 0 Å². The number of rotatable bonds is 5. The first-order valence-electron chi connectivity index (χ1n) is 7.26. The highest BCUT2D eigenvalue weighted by atomic mass is 16.5. The maximum atomic E-state index is 10.8. The van der Waals surface area contributed by atoms with Crippen molar-refractivity contribution in [1.29, 1.82) is 0 Å². The van der Waals surface area contributed by atoms with E-state index in [1.165, 1.54) is 6.42 Å². The molecule has 4 heteroatoms. The highest BCUT2D eigenvalue weighted by Gasteiger charge is 2.38. The van der Waals surface area contributed by atoms with Crippen LogP contribution >= 0.6 is 0 Å². The summed E-state index contributed by atoms with van der Waals surface area (Å²) < 4.78 is 10.6. The number of aliphatic hydroxyl groups is 1. The summed E-state index contributed by atoms with van der Waals surface area (Å²) in [6, 6.07) is 5.56. The molecule has 1 fully saturated rings. The lowest BCUT2D eigenvalue weighted by molar-refractivity contribution is 0.000469. The van der Waals surface area contributed by atoms with Crippen LogP contribution in [-0.2, 0) is 0 Å². The van der Waals surface area contributed by atoms with Crippen molar-refractivity contribution in [3.63, 3.8) is 0 Å². The zero-order valence-electron chi connectivity index (χ0n) is 12.4. The molecule has 1 saturated carbocycles. The molecule has 1 unspecified atom stereocenters. The number of hydrogen-bond donors (Lipinski definition) is 2. The van der Waals surface area contributed by atoms with Crippen molar-refractivity contribution < 1.29 is 14.6 Å². The van der Waals surface area contributed by atoms with Gasteiger partial charge in [0, 0.05) is 18.0 Å². The minimum Gasteiger partial charge on any atom is -0.497 e. The SMILES string of the molecule is COc1cc(OC)cc(C(O)C2(CN)CCCCC2)c1. The Kier molecular flexibility index (Phi) is 4.89. The van der Waals surface area contributed by atoms with Crippen LogP contribution in [0.25, 0.3) is 0 Å². The number of aliphatic hydroxyl groups excluding tert-OH is 1. The zero-order valence-corrected chi connectivity index (χ0v) is 12.4. The van der Waals surface area contributed by atoms with E-state index in [0.29, 0.717) is 18.0 Å². The molecule has 0 saturated heterocycles. The molecule has 0 spiro atoms. The van der Waals surface area contributed by atoms with Crippen molar-refractivity contribution in [2.45, 2.75) is 38.2 Å². The van der Waals surface area contributed by atoms with E-state index in [1.807, 2.05) is 18.2 Å². The second-order valence-corrected chi connectivity index (χ2v) is 5.68. The molecule has 1 aromatic rings. The summed E-state index contributed by atoms with van der Waals surface area (Å²) in [7, 11) is 3.23. The molecule has 0 amide bonds. The van der Waals surface area contributed by atoms with Crippen LogP contribution in [0.1, 0.15) is 43.8 Å². The molecule has 0 radical (unpaired) electrons. The lowest BCUT2D eigenvalue weighted by Gasteiger charge is -2.40. The van der Waals surface area contributed by atoms with Crippen molar-refractivity contribution in [2.75, 3.05) is 20.8 Å². The van der Waals surface area contributed by atoms with Crippen LogP contribution in [0.3, 0.4) is 0 Å². The first-order valence-corrected chi connectivity index (χ1v) is 7.26. The summed E-state index contributed by atoms with van der Waals surface area (Å²) >= 11 is 0. The Hall–Kier alpha value is -1.26. The molecule has 1 atom stereocenters. The minimum absolute atomic E-state index is 0.213. The second kappa shape index (κ2) is 6.46. The van der Waals surface area contributed by atoms with Crippen LogP contribution in [-0.4, -0.2) is 25.9 Å². The number of benzene rings is 1. The summed E-state index contributed by atoms with van der Waals surface area (Å²) in [4.78, 5) is 0. The molecule has 1 aliphatic carbocycles. The van der Waals surface area contributed by atoms with Crippen molar-refractivity contribution in [2.24, 2.45) is 11.1 Å². The van der Waals surface area contributed by atoms with Crippen molar-refractivity contribution >= 4 is 0 Å². The first-order chi connectivity index (χ1) is 9.65. The molecule has 3 N–H and O–H groups in total. The summed E-state index contributed by atoms with van der Waals surface area (Å²) in [6.45, 7) is 0.508. The average molecular weight is 279 g/mol. The third-order valence-corrected chi connectivity index (χ3v) is 4.53. The fourth-order valence-electron chi connectivity index (χ4n) is 3.19. The molecule has 0 heterocycles. The number of hydrogen-bond acceptors (Lipinski definition) is 4. The average Bonchev–Trinajstić information content (AvgIpc) is 2.54. The van der Waals surface area contributed by atoms with Gasteiger partial charge in [0.15, 0.2) is 0 Å². The Morgan fingerprint density at radius 3 is 2.10 bits per heavy atom. The van der Waals surface area contributed by atoms with Crippen molar-refractivity contribution in [3.05, 3.63) is 23.8 Å². The predicted octanol–water partition coefficient (Wildman–Crippen LogP) is 2.65. The van der Waals surface area contributed by atoms with Gasteiger partial charge in [-0.15, -0.1) is 0 Å². The van der Waals surface area contributed by atoms with E-state index in [4.69, 9.17) is 15.2 Å². The fourth-order valence-corrected chi connectivity index (χ4v) is 3.19. The van der Waals surface area contributed by atoms with Crippen molar-refractivity contribution in [1.82, 2.24) is 0 Å². The maximum absolute atomic E-state index is 10.8. The van der Waals surface area contributed by atoms with Crippen LogP contribution in [0.15, 0.2) is 18.2 Å². The number of methoxy groups -OCH3 is 2. The van der Waals surface area contributed by atoms with Gasteiger partial charge in [-0.05, 0) is 30.5 Å². The standard InChI is InChI=1S/C16H25NO3/c1-19-13-8-12(9-14(10-13)20-2)15(18)16(11-17)6-4-3-5-7-16/h8-10,15,18H,3-7,11,17H2,1-2H3. The summed E-state index contributed by atoms with van der Waals surface area (Å²) in [5.74, 6) is 1.39. The van der Waals surface area contributed by atoms with Gasteiger partial charge < -0.3 is 20.3 Å². The predicted molar refractivity (Wildman–Crippen MR) is 79.1 cm³/mol. The van der Waals surface area contributed by atoms with Gasteiger partial charge in [-0.25, -0.2) is 0 Å². The van der Waals surface area contributed by atoms with Crippen LogP contribution in [0, 0.1) is 5.41 Å². The van der Waals surface area contributed by atoms with Gasteiger partial charge in [-0.3, -0.25) is 0 Å². The third-order valence-electron chi connectivity index (χ3n) is 4.53. The maximum Gasteiger partial charge on any atom is 0.122 e. The van der Waals surface area contributed by atoms with Gasteiger partial charge in [0.25, 0.3) is 0 Å². The zero-order chi connectivity index (χ0) is 14.6. The van der Waals surface area contributed by atoms with Crippen LogP contribution in [0.4, 0.5) is 0 Å². The Morgan fingerprint density at radius 2 is 1.65 bits per heavy atom. The van der Waals surface area contributed by atoms with Gasteiger partial charge in [0.2, 0.25) is 0 Å². The van der Waals surface area contributed by atoms with E-state index in [1.54, 1.807) is 14.2 Å². The van der Waals surface area contributed by atoms with E-state index in [-0.39, 0.29) is 5.41 Å². The van der Waals surface area contributed by atoms with Crippen molar-refractivity contribution in [3.8, 4) is 11.5 Å². The Bertz CT molecular complexity index is 419. The van der Waals surface area contributed by atoms with Crippen LogP contribution < -0.4 is 15.2 Å². The molecule has 0 bridgehead atoms. The van der Waals surface area contributed by atoms with E-state index in [0.717, 1.165) is 31.2 Å². The summed E-state index contributed by atoms with van der Waals surface area (Å²) in [5.41, 5.74) is 6.61. The van der Waals surface area contributed by atoms with Crippen LogP contribution in [0.5, 0.6) is 11.5 Å².